The van der Waals surface area contributed by atoms with Gasteiger partial charge in [0.1, 0.15) is 0 Å². The molecule has 1 aromatic carbocycles. The van der Waals surface area contributed by atoms with E-state index in [1.807, 2.05) is 0 Å². The summed E-state index contributed by atoms with van der Waals surface area (Å²) in [6.07, 6.45) is 2.14. The Kier molecular flexibility index (Phi) is 6.31. The zero-order chi connectivity index (χ0) is 15.1. The Labute approximate surface area is 121 Å². The van der Waals surface area contributed by atoms with Crippen LogP contribution in [0.2, 0.25) is 0 Å². The summed E-state index contributed by atoms with van der Waals surface area (Å²) in [5.74, 6) is -0.438. The molecule has 0 aliphatic rings. The number of primary amides is 1. The molecule has 0 aliphatic heterocycles. The van der Waals surface area contributed by atoms with Crippen LogP contribution >= 0.6 is 0 Å². The average Bonchev–Trinajstić information content (AvgIpc) is 2.37. The van der Waals surface area contributed by atoms with Crippen LogP contribution in [0.25, 0.3) is 0 Å². The number of nitrogens with zero attached hydrogens (tertiary/aromatic N) is 1. The van der Waals surface area contributed by atoms with Crippen LogP contribution in [0.3, 0.4) is 0 Å². The van der Waals surface area contributed by atoms with Crippen molar-refractivity contribution in [3.63, 3.8) is 0 Å². The quantitative estimate of drug-likeness (QED) is 0.501. The maximum atomic E-state index is 11.3. The zero-order valence-corrected chi connectivity index (χ0v) is 12.6. The van der Waals surface area contributed by atoms with E-state index in [-0.39, 0.29) is 0 Å². The lowest BCUT2D eigenvalue weighted by Gasteiger charge is -2.20. The maximum absolute atomic E-state index is 11.3. The summed E-state index contributed by atoms with van der Waals surface area (Å²) in [4.78, 5) is 13.6. The first kappa shape index (κ1) is 16.3. The highest BCUT2D eigenvalue weighted by Gasteiger charge is 2.08. The van der Waals surface area contributed by atoms with Gasteiger partial charge in [0.25, 0.3) is 5.91 Å². The van der Waals surface area contributed by atoms with Gasteiger partial charge < -0.3 is 21.7 Å². The first-order valence-electron chi connectivity index (χ1n) is 7.05. The predicted octanol–water partition coefficient (Wildman–Crippen LogP) is 1.90. The number of rotatable bonds is 8. The lowest BCUT2D eigenvalue weighted by Crippen LogP contribution is -2.27. The Morgan fingerprint density at radius 2 is 2.05 bits per heavy atom. The fourth-order valence-corrected chi connectivity index (χ4v) is 1.89. The molecule has 0 heterocycles. The predicted molar refractivity (Wildman–Crippen MR) is 84.9 cm³/mol. The van der Waals surface area contributed by atoms with Crippen LogP contribution in [0.5, 0.6) is 0 Å². The molecular formula is C15H26N4O. The molecule has 0 spiro atoms. The molecule has 0 saturated heterocycles. The number of nitrogen functional groups attached to an aromatic ring is 1. The van der Waals surface area contributed by atoms with Crippen molar-refractivity contribution in [2.24, 2.45) is 5.73 Å². The molecule has 5 nitrogen and oxygen atoms in total. The first-order valence-corrected chi connectivity index (χ1v) is 7.05. The molecule has 0 aromatic heterocycles. The SMILES string of the molecule is CC(C)N(C)CCCCNc1cc(N)ccc1C(N)=O. The summed E-state index contributed by atoms with van der Waals surface area (Å²) in [6, 6.07) is 5.66. The van der Waals surface area contributed by atoms with Gasteiger partial charge in [-0.05, 0) is 58.5 Å². The van der Waals surface area contributed by atoms with Crippen molar-refractivity contribution in [2.75, 3.05) is 31.2 Å². The Balaban J connectivity index is 2.42. The third-order valence-corrected chi connectivity index (χ3v) is 3.44. The fraction of sp³-hybridized carbons (Fsp3) is 0.533. The molecule has 5 N–H and O–H groups in total. The van der Waals surface area contributed by atoms with Crippen LogP contribution < -0.4 is 16.8 Å². The Morgan fingerprint density at radius 1 is 1.35 bits per heavy atom. The number of hydrogen-bond donors (Lipinski definition) is 3. The lowest BCUT2D eigenvalue weighted by atomic mass is 10.1. The normalized spacial score (nSPS) is 11.1. The second kappa shape index (κ2) is 7.75. The van der Waals surface area contributed by atoms with Crippen LogP contribution in [0, 0.1) is 0 Å². The molecule has 20 heavy (non-hydrogen) atoms. The van der Waals surface area contributed by atoms with Gasteiger partial charge in [-0.1, -0.05) is 0 Å². The van der Waals surface area contributed by atoms with Crippen molar-refractivity contribution in [3.05, 3.63) is 23.8 Å². The molecule has 0 radical (unpaired) electrons. The number of unbranched alkanes of at least 4 members (excludes halogenated alkanes) is 1. The van der Waals surface area contributed by atoms with E-state index in [2.05, 4.69) is 31.1 Å². The standard InChI is InChI=1S/C15H26N4O/c1-11(2)19(3)9-5-4-8-18-14-10-12(16)6-7-13(14)15(17)20/h6-7,10-11,18H,4-5,8-9,16H2,1-3H3,(H2,17,20). The molecule has 112 valence electrons. The highest BCUT2D eigenvalue weighted by atomic mass is 16.1. The topological polar surface area (TPSA) is 84.4 Å². The highest BCUT2D eigenvalue weighted by Crippen LogP contribution is 2.18. The van der Waals surface area contributed by atoms with Gasteiger partial charge in [0.15, 0.2) is 0 Å². The summed E-state index contributed by atoms with van der Waals surface area (Å²) in [7, 11) is 2.13. The molecule has 0 fully saturated rings. The molecule has 1 aromatic rings. The van der Waals surface area contributed by atoms with Gasteiger partial charge in [0, 0.05) is 24.0 Å². The second-order valence-corrected chi connectivity index (χ2v) is 5.38. The van der Waals surface area contributed by atoms with Gasteiger partial charge in [-0.15, -0.1) is 0 Å². The molecule has 0 atom stereocenters. The van der Waals surface area contributed by atoms with Crippen LogP contribution in [-0.4, -0.2) is 37.0 Å². The zero-order valence-electron chi connectivity index (χ0n) is 12.6. The smallest absolute Gasteiger partial charge is 0.250 e. The fourth-order valence-electron chi connectivity index (χ4n) is 1.89. The third-order valence-electron chi connectivity index (χ3n) is 3.44. The molecule has 0 bridgehead atoms. The number of benzene rings is 1. The molecule has 1 amide bonds. The van der Waals surface area contributed by atoms with Crippen molar-refractivity contribution >= 4 is 17.3 Å². The molecule has 0 saturated carbocycles. The summed E-state index contributed by atoms with van der Waals surface area (Å²) in [5.41, 5.74) is 12.9. The van der Waals surface area contributed by atoms with Gasteiger partial charge in [-0.25, -0.2) is 0 Å². The summed E-state index contributed by atoms with van der Waals surface area (Å²) < 4.78 is 0. The molecule has 1 rings (SSSR count). The minimum Gasteiger partial charge on any atom is -0.399 e. The summed E-state index contributed by atoms with van der Waals surface area (Å²) >= 11 is 0. The highest BCUT2D eigenvalue weighted by molar-refractivity contribution is 5.99. The second-order valence-electron chi connectivity index (χ2n) is 5.38. The number of nitrogens with one attached hydrogen (secondary N) is 1. The van der Waals surface area contributed by atoms with Crippen molar-refractivity contribution in [3.8, 4) is 0 Å². The average molecular weight is 278 g/mol. The Hall–Kier alpha value is -1.75. The number of carbonyl (C=O) groups excluding carboxylic acids is 1. The molecule has 0 aliphatic carbocycles. The van der Waals surface area contributed by atoms with Gasteiger partial charge in [0.2, 0.25) is 0 Å². The molecule has 5 heteroatoms. The largest absolute Gasteiger partial charge is 0.399 e. The number of amides is 1. The number of anilines is 2. The van der Waals surface area contributed by atoms with E-state index in [4.69, 9.17) is 11.5 Å². The Bertz CT molecular complexity index is 445. The maximum Gasteiger partial charge on any atom is 0.250 e. The van der Waals surface area contributed by atoms with E-state index in [1.54, 1.807) is 18.2 Å². The molecular weight excluding hydrogens is 252 g/mol. The van der Waals surface area contributed by atoms with Crippen LogP contribution in [-0.2, 0) is 0 Å². The minimum atomic E-state index is -0.438. The van der Waals surface area contributed by atoms with Crippen molar-refractivity contribution in [1.82, 2.24) is 4.90 Å². The Morgan fingerprint density at radius 3 is 2.65 bits per heavy atom. The van der Waals surface area contributed by atoms with Gasteiger partial charge in [-0.3, -0.25) is 4.79 Å². The van der Waals surface area contributed by atoms with E-state index in [1.165, 1.54) is 0 Å². The van der Waals surface area contributed by atoms with E-state index in [9.17, 15) is 4.79 Å². The van der Waals surface area contributed by atoms with Gasteiger partial charge in [0.05, 0.1) is 5.56 Å². The monoisotopic (exact) mass is 278 g/mol. The first-order chi connectivity index (χ1) is 9.41. The van der Waals surface area contributed by atoms with E-state index >= 15 is 0 Å². The van der Waals surface area contributed by atoms with Gasteiger partial charge in [-0.2, -0.15) is 0 Å². The third kappa shape index (κ3) is 5.09. The van der Waals surface area contributed by atoms with Crippen molar-refractivity contribution < 1.29 is 4.79 Å². The van der Waals surface area contributed by atoms with Crippen LogP contribution in [0.1, 0.15) is 37.0 Å². The van der Waals surface area contributed by atoms with E-state index in [0.29, 0.717) is 17.3 Å². The van der Waals surface area contributed by atoms with Crippen molar-refractivity contribution in [2.45, 2.75) is 32.7 Å². The van der Waals surface area contributed by atoms with Crippen LogP contribution in [0.15, 0.2) is 18.2 Å². The summed E-state index contributed by atoms with van der Waals surface area (Å²) in [5, 5.41) is 3.24. The van der Waals surface area contributed by atoms with E-state index < -0.39 is 5.91 Å². The lowest BCUT2D eigenvalue weighted by molar-refractivity contribution is 0.100. The van der Waals surface area contributed by atoms with Crippen molar-refractivity contribution in [1.29, 1.82) is 0 Å². The molecule has 0 unspecified atom stereocenters. The number of carbonyl (C=O) groups is 1. The van der Waals surface area contributed by atoms with Gasteiger partial charge >= 0.3 is 0 Å². The van der Waals surface area contributed by atoms with E-state index in [0.717, 1.165) is 31.6 Å². The van der Waals surface area contributed by atoms with Crippen LogP contribution in [0.4, 0.5) is 11.4 Å². The minimum absolute atomic E-state index is 0.438. The number of nitrogens with two attached hydrogens (primary N) is 2. The summed E-state index contributed by atoms with van der Waals surface area (Å²) in [6.45, 7) is 6.24. The number of hydrogen-bond acceptors (Lipinski definition) is 4.